The van der Waals surface area contributed by atoms with Crippen molar-refractivity contribution >= 4 is 0 Å². The molecular weight excluding hydrogens is 680 g/mol. The minimum absolute atomic E-state index is 0.211. The number of ether oxygens (including phenoxy) is 3. The van der Waals surface area contributed by atoms with Gasteiger partial charge >= 0.3 is 0 Å². The fourth-order valence-electron chi connectivity index (χ4n) is 8.34. The van der Waals surface area contributed by atoms with Crippen LogP contribution in [0.15, 0.2) is 0 Å². The van der Waals surface area contributed by atoms with Crippen molar-refractivity contribution in [3.63, 3.8) is 0 Å². The maximum Gasteiger partial charge on any atom is 0.117 e. The van der Waals surface area contributed by atoms with Crippen LogP contribution in [0, 0.1) is 59.2 Å². The van der Waals surface area contributed by atoms with Gasteiger partial charge in [-0.25, -0.2) is 0 Å². The van der Waals surface area contributed by atoms with Crippen LogP contribution in [0.5, 0.6) is 0 Å². The molecule has 3 aliphatic heterocycles. The molecule has 3 saturated heterocycles. The number of rotatable bonds is 8. The van der Waals surface area contributed by atoms with Crippen LogP contribution >= 0.6 is 0 Å². The lowest BCUT2D eigenvalue weighted by atomic mass is 9.85. The van der Waals surface area contributed by atoms with Crippen molar-refractivity contribution in [2.45, 2.75) is 209 Å². The molecule has 0 aromatic carbocycles. The Morgan fingerprint density at radius 3 is 0.774 bits per heavy atom. The average Bonchev–Trinajstić information content (AvgIpc) is 3.70. The van der Waals surface area contributed by atoms with Crippen molar-refractivity contribution < 1.29 is 55.1 Å². The molecule has 53 heavy (non-hydrogen) atoms. The van der Waals surface area contributed by atoms with Gasteiger partial charge in [-0.15, -0.1) is 0 Å². The molecule has 16 atom stereocenters. The Morgan fingerprint density at radius 1 is 0.377 bits per heavy atom. The average molecular weight is 765 g/mol. The van der Waals surface area contributed by atoms with Crippen molar-refractivity contribution in [3.05, 3.63) is 0 Å². The Hall–Kier alpha value is -0.440. The summed E-state index contributed by atoms with van der Waals surface area (Å²) in [6.45, 7) is 34.0. The predicted molar refractivity (Wildman–Crippen MR) is 209 cm³/mol. The summed E-state index contributed by atoms with van der Waals surface area (Å²) in [5, 5.41) is 78.4. The third-order valence-electron chi connectivity index (χ3n) is 11.8. The summed E-state index contributed by atoms with van der Waals surface area (Å²) in [5.41, 5.74) is -1.12. The monoisotopic (exact) mass is 765 g/mol. The molecule has 11 heteroatoms. The molecule has 318 valence electrons. The van der Waals surface area contributed by atoms with E-state index in [-0.39, 0.29) is 84.0 Å². The van der Waals surface area contributed by atoms with Crippen LogP contribution in [0.25, 0.3) is 0 Å². The smallest absolute Gasteiger partial charge is 0.117 e. The normalized spacial score (nSPS) is 41.5. The fraction of sp³-hybridized carbons (Fsp3) is 1.00. The highest BCUT2D eigenvalue weighted by atomic mass is 16.6. The summed E-state index contributed by atoms with van der Waals surface area (Å²) in [4.78, 5) is 0. The topological polar surface area (TPSA) is 190 Å². The van der Waals surface area contributed by atoms with Crippen LogP contribution in [-0.2, 0) is 14.2 Å². The Morgan fingerprint density at radius 2 is 0.642 bits per heavy atom. The summed E-state index contributed by atoms with van der Waals surface area (Å²) in [6.07, 6.45) is -5.15. The van der Waals surface area contributed by atoms with Crippen LogP contribution in [0.3, 0.4) is 0 Å². The number of aliphatic hydroxyl groups is 8. The van der Waals surface area contributed by atoms with Crippen molar-refractivity contribution in [2.24, 2.45) is 59.2 Å². The minimum Gasteiger partial charge on any atom is -0.390 e. The summed E-state index contributed by atoms with van der Waals surface area (Å²) in [6, 6.07) is 0. The quantitative estimate of drug-likeness (QED) is 0.175. The SMILES string of the molecule is CC(C)[C@H]1C[C@@H](C(C)C)[C@H](O)[C@@H]1O.CC(C)[C@H]1O[C@@H](C(C)C)[C@@H](O)[C@@H]1O.CC(C)[C@H]1O[C@@H](C(C)C)[C@H](O)[C@@H]1O.CC(C)[C@H]1O[C@@H](C(C)C)[C@](C)(O)[C@@H]1O. The molecule has 0 unspecified atom stereocenters. The molecule has 0 aromatic heterocycles. The van der Waals surface area contributed by atoms with Crippen LogP contribution in [0.4, 0.5) is 0 Å². The molecule has 0 bridgehead atoms. The van der Waals surface area contributed by atoms with E-state index < -0.39 is 48.3 Å². The van der Waals surface area contributed by atoms with Crippen LogP contribution < -0.4 is 0 Å². The van der Waals surface area contributed by atoms with Gasteiger partial charge in [0.05, 0.1) is 48.8 Å². The number of hydrogen-bond donors (Lipinski definition) is 8. The molecule has 0 amide bonds. The van der Waals surface area contributed by atoms with Crippen molar-refractivity contribution in [2.75, 3.05) is 0 Å². The van der Waals surface area contributed by atoms with Gasteiger partial charge in [0, 0.05) is 0 Å². The van der Waals surface area contributed by atoms with Gasteiger partial charge in [0.15, 0.2) is 0 Å². The first-order chi connectivity index (χ1) is 24.1. The second-order valence-corrected chi connectivity index (χ2v) is 19.3. The molecular formula is C42H84O11. The van der Waals surface area contributed by atoms with Crippen molar-refractivity contribution in [1.29, 1.82) is 0 Å². The highest BCUT2D eigenvalue weighted by molar-refractivity contribution is 5.02. The van der Waals surface area contributed by atoms with Gasteiger partial charge in [0.1, 0.15) is 36.1 Å². The van der Waals surface area contributed by atoms with Gasteiger partial charge in [0.2, 0.25) is 0 Å². The zero-order valence-corrected chi connectivity index (χ0v) is 36.3. The second-order valence-electron chi connectivity index (χ2n) is 19.3. The van der Waals surface area contributed by atoms with Gasteiger partial charge in [0.25, 0.3) is 0 Å². The molecule has 0 spiro atoms. The van der Waals surface area contributed by atoms with E-state index >= 15 is 0 Å². The number of hydrogen-bond acceptors (Lipinski definition) is 11. The van der Waals surface area contributed by atoms with E-state index in [0.717, 1.165) is 6.42 Å². The summed E-state index contributed by atoms with van der Waals surface area (Å²) in [5.74, 6) is 2.90. The molecule has 4 rings (SSSR count). The molecule has 1 saturated carbocycles. The van der Waals surface area contributed by atoms with Crippen LogP contribution in [-0.4, -0.2) is 126 Å². The molecule has 3 heterocycles. The Labute approximate surface area is 322 Å². The lowest BCUT2D eigenvalue weighted by Gasteiger charge is -2.29. The van der Waals surface area contributed by atoms with Crippen molar-refractivity contribution in [1.82, 2.24) is 0 Å². The van der Waals surface area contributed by atoms with E-state index in [2.05, 4.69) is 27.7 Å². The first-order valence-electron chi connectivity index (χ1n) is 20.6. The first-order valence-corrected chi connectivity index (χ1v) is 20.6. The van der Waals surface area contributed by atoms with Gasteiger partial charge in [-0.1, -0.05) is 111 Å². The zero-order chi connectivity index (χ0) is 41.6. The van der Waals surface area contributed by atoms with Gasteiger partial charge in [-0.05, 0) is 72.5 Å². The van der Waals surface area contributed by atoms with Crippen LogP contribution in [0.2, 0.25) is 0 Å². The first kappa shape index (κ1) is 50.6. The maximum absolute atomic E-state index is 10.1. The van der Waals surface area contributed by atoms with E-state index in [9.17, 15) is 40.9 Å². The van der Waals surface area contributed by atoms with Gasteiger partial charge in [-0.2, -0.15) is 0 Å². The van der Waals surface area contributed by atoms with E-state index in [1.165, 1.54) is 0 Å². The van der Waals surface area contributed by atoms with Crippen molar-refractivity contribution in [3.8, 4) is 0 Å². The Bertz CT molecular complexity index is 871. The maximum atomic E-state index is 10.1. The molecule has 11 nitrogen and oxygen atoms in total. The van der Waals surface area contributed by atoms with E-state index in [0.29, 0.717) is 11.8 Å². The third kappa shape index (κ3) is 12.8. The van der Waals surface area contributed by atoms with E-state index in [4.69, 9.17) is 14.2 Å². The molecule has 8 N–H and O–H groups in total. The lowest BCUT2D eigenvalue weighted by molar-refractivity contribution is -0.0791. The standard InChI is InChI=1S/C11H22O3.C11H22O2.2C10H20O3/c1-6(2)8-9(12)11(5,13)10(14-8)7(3)4;1-6(2)8-5-9(7(3)4)11(13)10(8)12;2*1-5(2)9-7(11)8(12)10(13-9)6(3)4/h6-10,12-13H,1-5H3;6-13H,5H2,1-4H3;2*5-12H,1-4H3/t8-,9-,10+,11-;8-,9+,10-,11+;7-,8+,9+,10-;7-,8-,9-,10+/m1..0/s1. The zero-order valence-electron chi connectivity index (χ0n) is 36.3. The lowest BCUT2D eigenvalue weighted by Crippen LogP contribution is -2.47. The summed E-state index contributed by atoms with van der Waals surface area (Å²) >= 11 is 0. The van der Waals surface area contributed by atoms with Gasteiger partial charge < -0.3 is 55.1 Å². The third-order valence-corrected chi connectivity index (χ3v) is 11.8. The summed E-state index contributed by atoms with van der Waals surface area (Å²) < 4.78 is 16.9. The van der Waals surface area contributed by atoms with Gasteiger partial charge in [-0.3, -0.25) is 0 Å². The Balaban J connectivity index is 0.000000354. The Kier molecular flexibility index (Phi) is 20.4. The highest BCUT2D eigenvalue weighted by Crippen LogP contribution is 2.40. The second kappa shape index (κ2) is 21.4. The molecule has 1 aliphatic carbocycles. The molecule has 0 aromatic rings. The fourth-order valence-corrected chi connectivity index (χ4v) is 8.34. The number of aliphatic hydroxyl groups excluding tert-OH is 7. The largest absolute Gasteiger partial charge is 0.390 e. The predicted octanol–water partition coefficient (Wildman–Crippen LogP) is 4.41. The van der Waals surface area contributed by atoms with E-state index in [1.807, 2.05) is 83.1 Å². The molecule has 0 radical (unpaired) electrons. The molecule has 4 aliphatic rings. The minimum atomic E-state index is -1.12. The van der Waals surface area contributed by atoms with E-state index in [1.54, 1.807) is 6.92 Å². The molecule has 4 fully saturated rings. The summed E-state index contributed by atoms with van der Waals surface area (Å²) in [7, 11) is 0. The van der Waals surface area contributed by atoms with Crippen LogP contribution in [0.1, 0.15) is 124 Å². The highest BCUT2D eigenvalue weighted by Gasteiger charge is 2.53.